The summed E-state index contributed by atoms with van der Waals surface area (Å²) in [6, 6.07) is 1.45. The van der Waals surface area contributed by atoms with Crippen molar-refractivity contribution in [1.29, 1.82) is 0 Å². The molecule has 0 heterocycles. The molecule has 0 aliphatic rings. The fourth-order valence-electron chi connectivity index (χ4n) is 2.50. The Bertz CT molecular complexity index is 209. The first-order valence-corrected chi connectivity index (χ1v) is 10.5. The van der Waals surface area contributed by atoms with E-state index in [-0.39, 0.29) is 0 Å². The van der Waals surface area contributed by atoms with Crippen LogP contribution in [0.15, 0.2) is 0 Å². The van der Waals surface area contributed by atoms with Crippen molar-refractivity contribution in [2.75, 3.05) is 0 Å². The highest BCUT2D eigenvalue weighted by Gasteiger charge is 2.38. The number of hydrogen-bond acceptors (Lipinski definition) is 0. The van der Waals surface area contributed by atoms with Gasteiger partial charge in [-0.3, -0.25) is 0 Å². The molecule has 0 bridgehead atoms. The van der Waals surface area contributed by atoms with Gasteiger partial charge in [0.15, 0.2) is 0 Å². The first-order valence-electron chi connectivity index (χ1n) is 6.75. The molecule has 0 aromatic heterocycles. The summed E-state index contributed by atoms with van der Waals surface area (Å²) in [5.74, 6) is 1.64. The molecular weight excluding hydrogens is 208 g/mol. The Labute approximate surface area is 105 Å². The van der Waals surface area contributed by atoms with E-state index < -0.39 is 8.07 Å². The number of rotatable bonds is 3. The van der Waals surface area contributed by atoms with Gasteiger partial charge in [0.1, 0.15) is 0 Å². The maximum absolute atomic E-state index is 2.50. The lowest BCUT2D eigenvalue weighted by Crippen LogP contribution is -2.39. The zero-order chi connectivity index (χ0) is 13.4. The van der Waals surface area contributed by atoms with E-state index in [1.807, 2.05) is 0 Å². The molecular formula is C15H34Si. The third kappa shape index (κ3) is 5.52. The molecule has 0 rings (SSSR count). The van der Waals surface area contributed by atoms with Crippen molar-refractivity contribution < 1.29 is 0 Å². The molecule has 0 saturated heterocycles. The topological polar surface area (TPSA) is 0 Å². The summed E-state index contributed by atoms with van der Waals surface area (Å²) in [5.41, 5.74) is 0.866. The maximum atomic E-state index is 2.50. The molecule has 0 radical (unpaired) electrons. The van der Waals surface area contributed by atoms with Gasteiger partial charge >= 0.3 is 0 Å². The third-order valence-electron chi connectivity index (χ3n) is 3.91. The average Bonchev–Trinajstić information content (AvgIpc) is 1.93. The predicted octanol–water partition coefficient (Wildman–Crippen LogP) is 5.67. The van der Waals surface area contributed by atoms with Gasteiger partial charge in [-0.15, -0.1) is 0 Å². The van der Waals surface area contributed by atoms with Crippen molar-refractivity contribution in [1.82, 2.24) is 0 Å². The molecule has 0 aliphatic heterocycles. The molecule has 0 aromatic rings. The molecule has 0 saturated carbocycles. The first kappa shape index (κ1) is 16.2. The number of hydrogen-bond donors (Lipinski definition) is 0. The van der Waals surface area contributed by atoms with Crippen LogP contribution in [-0.2, 0) is 0 Å². The van der Waals surface area contributed by atoms with E-state index in [9.17, 15) is 0 Å². The van der Waals surface area contributed by atoms with E-state index in [2.05, 4.69) is 68.1 Å². The van der Waals surface area contributed by atoms with E-state index >= 15 is 0 Å². The quantitative estimate of drug-likeness (QED) is 0.559. The summed E-state index contributed by atoms with van der Waals surface area (Å²) >= 11 is 0. The van der Waals surface area contributed by atoms with E-state index in [0.717, 1.165) is 11.8 Å². The monoisotopic (exact) mass is 242 g/mol. The maximum Gasteiger partial charge on any atom is 0.0445 e. The van der Waals surface area contributed by atoms with Gasteiger partial charge in [-0.25, -0.2) is 0 Å². The summed E-state index contributed by atoms with van der Waals surface area (Å²) in [7, 11) is -0.972. The van der Waals surface area contributed by atoms with Crippen LogP contribution in [0, 0.1) is 22.7 Å². The van der Waals surface area contributed by atoms with Crippen LogP contribution in [0.5, 0.6) is 0 Å². The smallest absolute Gasteiger partial charge is 0.0445 e. The Morgan fingerprint density at radius 3 is 1.38 bits per heavy atom. The van der Waals surface area contributed by atoms with Crippen molar-refractivity contribution in [2.24, 2.45) is 22.7 Å². The van der Waals surface area contributed by atoms with Crippen LogP contribution in [0.1, 0.15) is 48.5 Å². The second-order valence-electron chi connectivity index (χ2n) is 8.89. The van der Waals surface area contributed by atoms with Crippen LogP contribution in [0.25, 0.3) is 0 Å². The van der Waals surface area contributed by atoms with Gasteiger partial charge in [-0.05, 0) is 22.7 Å². The highest BCUT2D eigenvalue weighted by atomic mass is 28.3. The summed E-state index contributed by atoms with van der Waals surface area (Å²) in [4.78, 5) is 0. The Morgan fingerprint density at radius 1 is 0.812 bits per heavy atom. The van der Waals surface area contributed by atoms with Crippen LogP contribution in [-0.4, -0.2) is 8.07 Å². The van der Waals surface area contributed by atoms with E-state index in [0.29, 0.717) is 10.8 Å². The van der Waals surface area contributed by atoms with Gasteiger partial charge in [0.25, 0.3) is 0 Å². The van der Waals surface area contributed by atoms with Crippen molar-refractivity contribution in [3.8, 4) is 0 Å². The molecule has 0 aliphatic carbocycles. The van der Waals surface area contributed by atoms with E-state index in [4.69, 9.17) is 0 Å². The highest BCUT2D eigenvalue weighted by Crippen LogP contribution is 2.45. The minimum atomic E-state index is -0.972. The normalized spacial score (nSPS) is 18.4. The molecule has 98 valence electrons. The van der Waals surface area contributed by atoms with Crippen molar-refractivity contribution >= 4 is 8.07 Å². The van der Waals surface area contributed by atoms with Gasteiger partial charge in [0.2, 0.25) is 0 Å². The van der Waals surface area contributed by atoms with Gasteiger partial charge < -0.3 is 0 Å². The Morgan fingerprint density at radius 2 is 1.19 bits per heavy atom. The fraction of sp³-hybridized carbons (Fsp3) is 1.00. The Balaban J connectivity index is 4.98. The molecule has 2 unspecified atom stereocenters. The van der Waals surface area contributed by atoms with E-state index in [1.54, 1.807) is 0 Å². The minimum absolute atomic E-state index is 0.428. The summed E-state index contributed by atoms with van der Waals surface area (Å²) in [6.45, 7) is 24.4. The van der Waals surface area contributed by atoms with Crippen molar-refractivity contribution in [3.63, 3.8) is 0 Å². The second-order valence-corrected chi connectivity index (χ2v) is 14.4. The molecule has 0 nitrogen and oxygen atoms in total. The zero-order valence-electron chi connectivity index (χ0n) is 13.4. The van der Waals surface area contributed by atoms with Crippen LogP contribution < -0.4 is 0 Å². The standard InChI is InChI=1S/C15H34Si/c1-12(14(2,3)4)13(15(5,6)7)11-16(8,9)10/h12-13H,11H2,1-10H3. The summed E-state index contributed by atoms with van der Waals surface area (Å²) in [6.07, 6.45) is 0. The van der Waals surface area contributed by atoms with Crippen LogP contribution in [0.3, 0.4) is 0 Å². The Kier molecular flexibility index (Phi) is 4.90. The fourth-order valence-corrected chi connectivity index (χ4v) is 4.78. The van der Waals surface area contributed by atoms with Gasteiger partial charge in [0.05, 0.1) is 0 Å². The second kappa shape index (κ2) is 4.84. The van der Waals surface area contributed by atoms with E-state index in [1.165, 1.54) is 6.04 Å². The lowest BCUT2D eigenvalue weighted by Gasteiger charge is -2.44. The predicted molar refractivity (Wildman–Crippen MR) is 79.7 cm³/mol. The molecule has 16 heavy (non-hydrogen) atoms. The first-order chi connectivity index (χ1) is 6.75. The Hall–Kier alpha value is 0.217. The molecule has 0 spiro atoms. The lowest BCUT2D eigenvalue weighted by molar-refractivity contribution is 0.0981. The minimum Gasteiger partial charge on any atom is -0.0695 e. The van der Waals surface area contributed by atoms with Crippen LogP contribution in [0.2, 0.25) is 25.7 Å². The average molecular weight is 243 g/mol. The molecule has 0 amide bonds. The zero-order valence-corrected chi connectivity index (χ0v) is 14.4. The van der Waals surface area contributed by atoms with Gasteiger partial charge in [0, 0.05) is 8.07 Å². The molecule has 1 heteroatoms. The van der Waals surface area contributed by atoms with Crippen LogP contribution >= 0.6 is 0 Å². The van der Waals surface area contributed by atoms with Crippen LogP contribution in [0.4, 0.5) is 0 Å². The molecule has 0 aromatic carbocycles. The summed E-state index contributed by atoms with van der Waals surface area (Å²) < 4.78 is 0. The SMILES string of the molecule is CC(C(C[Si](C)(C)C)C(C)(C)C)C(C)(C)C. The lowest BCUT2D eigenvalue weighted by atomic mass is 9.66. The van der Waals surface area contributed by atoms with Gasteiger partial charge in [-0.1, -0.05) is 74.2 Å². The third-order valence-corrected chi connectivity index (χ3v) is 5.58. The largest absolute Gasteiger partial charge is 0.0695 e. The summed E-state index contributed by atoms with van der Waals surface area (Å²) in [5, 5.41) is 0. The van der Waals surface area contributed by atoms with Crippen molar-refractivity contribution in [2.45, 2.75) is 74.2 Å². The molecule has 2 atom stereocenters. The molecule has 0 fully saturated rings. The van der Waals surface area contributed by atoms with Crippen molar-refractivity contribution in [3.05, 3.63) is 0 Å². The van der Waals surface area contributed by atoms with Gasteiger partial charge in [-0.2, -0.15) is 0 Å². The molecule has 0 N–H and O–H groups in total. The highest BCUT2D eigenvalue weighted by molar-refractivity contribution is 6.76.